The molecule has 0 amide bonds. The second-order valence-corrected chi connectivity index (χ2v) is 6.39. The maximum absolute atomic E-state index is 12.1. The van der Waals surface area contributed by atoms with E-state index in [0.717, 1.165) is 26.3 Å². The van der Waals surface area contributed by atoms with Crippen LogP contribution in [-0.2, 0) is 0 Å². The summed E-state index contributed by atoms with van der Waals surface area (Å²) >= 11 is 4.81. The van der Waals surface area contributed by atoms with Crippen molar-refractivity contribution in [3.63, 3.8) is 0 Å². The molecule has 0 aliphatic carbocycles. The van der Waals surface area contributed by atoms with E-state index in [1.165, 1.54) is 23.5 Å². The van der Waals surface area contributed by atoms with Crippen LogP contribution in [-0.4, -0.2) is 11.3 Å². The number of nitrogens with zero attached hydrogens (tertiary/aromatic N) is 1. The Morgan fingerprint density at radius 1 is 0.913 bits per heavy atom. The van der Waals surface area contributed by atoms with E-state index in [4.69, 9.17) is 0 Å². The number of halogens is 4. The highest BCUT2D eigenvalue weighted by Crippen LogP contribution is 2.31. The van der Waals surface area contributed by atoms with Crippen molar-refractivity contribution in [2.24, 2.45) is 0 Å². The molecule has 3 aromatic rings. The third-order valence-corrected chi connectivity index (χ3v) is 4.40. The number of benzene rings is 2. The number of ether oxygens (including phenoxy) is 1. The molecule has 23 heavy (non-hydrogen) atoms. The monoisotopic (exact) mass is 399 g/mol. The summed E-state index contributed by atoms with van der Waals surface area (Å²) in [6.45, 7) is 0. The topological polar surface area (TPSA) is 22.1 Å². The third-order valence-electron chi connectivity index (χ3n) is 2.98. The molecule has 118 valence electrons. The van der Waals surface area contributed by atoms with E-state index in [1.54, 1.807) is 12.1 Å². The summed E-state index contributed by atoms with van der Waals surface area (Å²) < 4.78 is 41.3. The second-order valence-electron chi connectivity index (χ2n) is 4.62. The minimum Gasteiger partial charge on any atom is -0.406 e. The summed E-state index contributed by atoms with van der Waals surface area (Å²) in [4.78, 5) is 4.52. The Bertz CT molecular complexity index is 797. The van der Waals surface area contributed by atoms with Crippen LogP contribution in [0, 0.1) is 0 Å². The van der Waals surface area contributed by atoms with E-state index in [-0.39, 0.29) is 5.75 Å². The number of thiazole rings is 1. The fourth-order valence-electron chi connectivity index (χ4n) is 1.96. The van der Waals surface area contributed by atoms with Crippen molar-refractivity contribution in [2.75, 3.05) is 0 Å². The molecule has 2 aromatic carbocycles. The third kappa shape index (κ3) is 4.11. The molecule has 0 saturated heterocycles. The average molecular weight is 400 g/mol. The van der Waals surface area contributed by atoms with Gasteiger partial charge in [-0.2, -0.15) is 0 Å². The summed E-state index contributed by atoms with van der Waals surface area (Å²) in [5, 5.41) is 2.65. The van der Waals surface area contributed by atoms with E-state index in [2.05, 4.69) is 25.7 Å². The summed E-state index contributed by atoms with van der Waals surface area (Å²) in [6.07, 6.45) is -4.68. The van der Waals surface area contributed by atoms with E-state index in [1.807, 2.05) is 29.6 Å². The zero-order chi connectivity index (χ0) is 16.4. The molecule has 0 radical (unpaired) electrons. The van der Waals surface area contributed by atoms with Crippen LogP contribution in [0.5, 0.6) is 5.75 Å². The maximum Gasteiger partial charge on any atom is 0.573 e. The molecule has 0 spiro atoms. The van der Waals surface area contributed by atoms with E-state index in [9.17, 15) is 13.2 Å². The Hall–Kier alpha value is -1.86. The first-order chi connectivity index (χ1) is 10.9. The zero-order valence-corrected chi connectivity index (χ0v) is 13.9. The molecule has 0 N–H and O–H groups in total. The molecule has 0 unspecified atom stereocenters. The molecule has 3 rings (SSSR count). The van der Waals surface area contributed by atoms with Crippen LogP contribution in [0.25, 0.3) is 21.8 Å². The Balaban J connectivity index is 1.81. The summed E-state index contributed by atoms with van der Waals surface area (Å²) in [7, 11) is 0. The SMILES string of the molecule is FC(F)(F)Oc1ccc(-c2nc(-c3ccc(Br)cc3)cs2)cc1. The van der Waals surface area contributed by atoms with Gasteiger partial charge in [-0.15, -0.1) is 24.5 Å². The van der Waals surface area contributed by atoms with Gasteiger partial charge in [0.15, 0.2) is 0 Å². The first-order valence-electron chi connectivity index (χ1n) is 6.48. The lowest BCUT2D eigenvalue weighted by Gasteiger charge is -2.08. The van der Waals surface area contributed by atoms with Crippen molar-refractivity contribution < 1.29 is 17.9 Å². The van der Waals surface area contributed by atoms with Gasteiger partial charge in [0, 0.05) is 21.0 Å². The molecule has 0 aliphatic heterocycles. The van der Waals surface area contributed by atoms with Gasteiger partial charge in [0.05, 0.1) is 5.69 Å². The molecule has 1 heterocycles. The van der Waals surface area contributed by atoms with Crippen molar-refractivity contribution >= 4 is 27.3 Å². The van der Waals surface area contributed by atoms with Crippen molar-refractivity contribution in [3.8, 4) is 27.6 Å². The van der Waals surface area contributed by atoms with Crippen molar-refractivity contribution in [1.29, 1.82) is 0 Å². The van der Waals surface area contributed by atoms with E-state index < -0.39 is 6.36 Å². The number of aromatic nitrogens is 1. The van der Waals surface area contributed by atoms with Gasteiger partial charge in [0.2, 0.25) is 0 Å². The molecular weight excluding hydrogens is 391 g/mol. The van der Waals surface area contributed by atoms with Gasteiger partial charge in [-0.25, -0.2) is 4.98 Å². The molecule has 0 atom stereocenters. The lowest BCUT2D eigenvalue weighted by atomic mass is 10.2. The lowest BCUT2D eigenvalue weighted by Crippen LogP contribution is -2.16. The fourth-order valence-corrected chi connectivity index (χ4v) is 3.06. The molecule has 7 heteroatoms. The van der Waals surface area contributed by atoms with Gasteiger partial charge in [-0.1, -0.05) is 28.1 Å². The second kappa shape index (κ2) is 6.33. The predicted octanol–water partition coefficient (Wildman–Crippen LogP) is 6.14. The highest BCUT2D eigenvalue weighted by molar-refractivity contribution is 9.10. The van der Waals surface area contributed by atoms with Crippen LogP contribution in [0.3, 0.4) is 0 Å². The predicted molar refractivity (Wildman–Crippen MR) is 87.4 cm³/mol. The molecule has 2 nitrogen and oxygen atoms in total. The Morgan fingerprint density at radius 3 is 2.13 bits per heavy atom. The van der Waals surface area contributed by atoms with Gasteiger partial charge in [0.25, 0.3) is 0 Å². The summed E-state index contributed by atoms with van der Waals surface area (Å²) in [5.41, 5.74) is 2.55. The largest absolute Gasteiger partial charge is 0.573 e. The molecular formula is C16H9BrF3NOS. The van der Waals surface area contributed by atoms with Crippen molar-refractivity contribution in [1.82, 2.24) is 4.98 Å². The van der Waals surface area contributed by atoms with Crippen LogP contribution in [0.4, 0.5) is 13.2 Å². The first-order valence-corrected chi connectivity index (χ1v) is 8.16. The number of hydrogen-bond donors (Lipinski definition) is 0. The van der Waals surface area contributed by atoms with E-state index >= 15 is 0 Å². The molecule has 1 aromatic heterocycles. The quantitative estimate of drug-likeness (QED) is 0.527. The van der Waals surface area contributed by atoms with Gasteiger partial charge in [-0.05, 0) is 36.4 Å². The number of rotatable bonds is 3. The smallest absolute Gasteiger partial charge is 0.406 e. The van der Waals surface area contributed by atoms with Gasteiger partial charge >= 0.3 is 6.36 Å². The minimum atomic E-state index is -4.68. The van der Waals surface area contributed by atoms with Crippen LogP contribution < -0.4 is 4.74 Å². The molecule has 0 bridgehead atoms. The van der Waals surface area contributed by atoms with E-state index in [0.29, 0.717) is 0 Å². The van der Waals surface area contributed by atoms with Crippen LogP contribution in [0.15, 0.2) is 58.4 Å². The Morgan fingerprint density at radius 2 is 1.52 bits per heavy atom. The number of hydrogen-bond acceptors (Lipinski definition) is 3. The van der Waals surface area contributed by atoms with Gasteiger partial charge in [-0.3, -0.25) is 0 Å². The molecule has 0 fully saturated rings. The highest BCUT2D eigenvalue weighted by atomic mass is 79.9. The zero-order valence-electron chi connectivity index (χ0n) is 11.5. The summed E-state index contributed by atoms with van der Waals surface area (Å²) in [6, 6.07) is 13.4. The average Bonchev–Trinajstić information content (AvgIpc) is 2.97. The van der Waals surface area contributed by atoms with Gasteiger partial charge < -0.3 is 4.74 Å². The van der Waals surface area contributed by atoms with Crippen LogP contribution >= 0.6 is 27.3 Å². The first kappa shape index (κ1) is 16.0. The van der Waals surface area contributed by atoms with Crippen LogP contribution in [0.2, 0.25) is 0 Å². The van der Waals surface area contributed by atoms with Gasteiger partial charge in [0.1, 0.15) is 10.8 Å². The Kier molecular flexibility index (Phi) is 4.41. The highest BCUT2D eigenvalue weighted by Gasteiger charge is 2.30. The summed E-state index contributed by atoms with van der Waals surface area (Å²) in [5.74, 6) is -0.245. The lowest BCUT2D eigenvalue weighted by molar-refractivity contribution is -0.274. The van der Waals surface area contributed by atoms with Crippen LogP contribution in [0.1, 0.15) is 0 Å². The maximum atomic E-state index is 12.1. The molecule has 0 aliphatic rings. The Labute approximate surface area is 142 Å². The fraction of sp³-hybridized carbons (Fsp3) is 0.0625. The van der Waals surface area contributed by atoms with Crippen molar-refractivity contribution in [3.05, 3.63) is 58.4 Å². The number of alkyl halides is 3. The minimum absolute atomic E-state index is 0.245. The standard InChI is InChI=1S/C16H9BrF3NOS/c17-12-5-1-10(2-6-12)14-9-23-15(21-14)11-3-7-13(8-4-11)22-16(18,19)20/h1-9H. The molecule has 0 saturated carbocycles. The normalized spacial score (nSPS) is 11.5. The van der Waals surface area contributed by atoms with Crippen molar-refractivity contribution in [2.45, 2.75) is 6.36 Å².